The van der Waals surface area contributed by atoms with Gasteiger partial charge in [0.1, 0.15) is 10.7 Å². The number of amides is 1. The van der Waals surface area contributed by atoms with Crippen LogP contribution in [0, 0.1) is 0 Å². The first-order valence-corrected chi connectivity index (χ1v) is 13.5. The number of nitrogens with one attached hydrogen (secondary N) is 2. The second-order valence-electron chi connectivity index (χ2n) is 8.17. The molecule has 1 fully saturated rings. The summed E-state index contributed by atoms with van der Waals surface area (Å²) in [6.07, 6.45) is 3.70. The molecule has 0 radical (unpaired) electrons. The number of nitrogens with zero attached hydrogens (tertiary/aromatic N) is 4. The molecule has 3 aromatic rings. The topological polar surface area (TPSA) is 137 Å². The van der Waals surface area contributed by atoms with Gasteiger partial charge in [-0.15, -0.1) is 11.3 Å². The van der Waals surface area contributed by atoms with Crippen LogP contribution >= 0.6 is 11.3 Å². The number of rotatable bonds is 9. The molecule has 4 rings (SSSR count). The molecule has 0 aliphatic carbocycles. The number of likely N-dealkylation sites (tertiary alicyclic amines) is 1. The van der Waals surface area contributed by atoms with Crippen molar-refractivity contribution in [1.82, 2.24) is 24.6 Å². The zero-order valence-electron chi connectivity index (χ0n) is 18.9. The van der Waals surface area contributed by atoms with Crippen molar-refractivity contribution in [2.24, 2.45) is 0 Å². The average Bonchev–Trinajstić information content (AvgIpc) is 3.41. The minimum absolute atomic E-state index is 0.294. The number of anilines is 1. The van der Waals surface area contributed by atoms with Gasteiger partial charge in [-0.3, -0.25) is 4.79 Å². The van der Waals surface area contributed by atoms with Gasteiger partial charge in [0.25, 0.3) is 5.91 Å². The van der Waals surface area contributed by atoms with Crippen LogP contribution in [0.3, 0.4) is 0 Å². The molecular formula is C22H26N6O4S2. The van der Waals surface area contributed by atoms with Crippen molar-refractivity contribution in [2.75, 3.05) is 38.3 Å². The molecule has 1 aromatic carbocycles. The highest BCUT2D eigenvalue weighted by atomic mass is 32.2. The van der Waals surface area contributed by atoms with Crippen LogP contribution in [-0.4, -0.2) is 72.2 Å². The average molecular weight is 503 g/mol. The van der Waals surface area contributed by atoms with Crippen LogP contribution in [0.2, 0.25) is 0 Å². The Morgan fingerprint density at radius 3 is 2.76 bits per heavy atom. The first kappa shape index (κ1) is 24.2. The van der Waals surface area contributed by atoms with Crippen molar-refractivity contribution in [1.29, 1.82) is 0 Å². The maximum absolute atomic E-state index is 12.5. The van der Waals surface area contributed by atoms with Crippen LogP contribution in [0.5, 0.6) is 0 Å². The van der Waals surface area contributed by atoms with E-state index in [4.69, 9.17) is 4.98 Å². The zero-order chi connectivity index (χ0) is 24.3. The highest BCUT2D eigenvalue weighted by Crippen LogP contribution is 2.36. The summed E-state index contributed by atoms with van der Waals surface area (Å²) >= 11 is 1.45. The number of sulfonamides is 1. The molecule has 1 unspecified atom stereocenters. The highest BCUT2D eigenvalue weighted by Gasteiger charge is 2.45. The second kappa shape index (κ2) is 9.74. The van der Waals surface area contributed by atoms with Crippen molar-refractivity contribution in [2.45, 2.75) is 18.4 Å². The molecule has 2 aromatic heterocycles. The number of thiazole rings is 1. The third-order valence-electron chi connectivity index (χ3n) is 5.52. The SMILES string of the molecule is CN1CCC(O)(c2cccc(-c3nc(-c4ccnc(NCCCNS(C)(=O)=O)n4)cs3)c2)C1=O. The molecule has 0 spiro atoms. The summed E-state index contributed by atoms with van der Waals surface area (Å²) in [6, 6.07) is 9.07. The largest absolute Gasteiger partial charge is 0.375 e. The number of carbonyl (C=O) groups excluding carboxylic acids is 1. The van der Waals surface area contributed by atoms with Gasteiger partial charge >= 0.3 is 0 Å². The molecular weight excluding hydrogens is 476 g/mol. The smallest absolute Gasteiger partial charge is 0.258 e. The van der Waals surface area contributed by atoms with Gasteiger partial charge in [-0.2, -0.15) is 0 Å². The van der Waals surface area contributed by atoms with Gasteiger partial charge in [0.05, 0.1) is 11.9 Å². The van der Waals surface area contributed by atoms with Crippen LogP contribution in [0.25, 0.3) is 22.0 Å². The Morgan fingerprint density at radius 2 is 2.03 bits per heavy atom. The van der Waals surface area contributed by atoms with Crippen molar-refractivity contribution in [3.8, 4) is 22.0 Å². The van der Waals surface area contributed by atoms with Crippen LogP contribution in [-0.2, 0) is 20.4 Å². The van der Waals surface area contributed by atoms with Gasteiger partial charge in [0.2, 0.25) is 16.0 Å². The van der Waals surface area contributed by atoms with Crippen molar-refractivity contribution in [3.63, 3.8) is 0 Å². The van der Waals surface area contributed by atoms with E-state index in [1.54, 1.807) is 25.4 Å². The third kappa shape index (κ3) is 5.41. The Kier molecular flexibility index (Phi) is 6.94. The lowest BCUT2D eigenvalue weighted by molar-refractivity contribution is -0.143. The summed E-state index contributed by atoms with van der Waals surface area (Å²) in [6.45, 7) is 1.36. The van der Waals surface area contributed by atoms with E-state index in [1.807, 2.05) is 23.6 Å². The lowest BCUT2D eigenvalue weighted by Gasteiger charge is -2.21. The molecule has 1 aliphatic heterocycles. The van der Waals surface area contributed by atoms with Gasteiger partial charge in [-0.05, 0) is 24.1 Å². The number of benzene rings is 1. The van der Waals surface area contributed by atoms with E-state index in [2.05, 4.69) is 20.0 Å². The Bertz CT molecular complexity index is 1300. The van der Waals surface area contributed by atoms with Gasteiger partial charge in [0.15, 0.2) is 5.60 Å². The normalized spacial score (nSPS) is 18.4. The van der Waals surface area contributed by atoms with E-state index in [-0.39, 0.29) is 5.91 Å². The summed E-state index contributed by atoms with van der Waals surface area (Å²) in [5.41, 5.74) is 1.21. The summed E-state index contributed by atoms with van der Waals surface area (Å²) in [5.74, 6) is 0.136. The second-order valence-corrected chi connectivity index (χ2v) is 10.9. The van der Waals surface area contributed by atoms with Crippen molar-refractivity contribution < 1.29 is 18.3 Å². The maximum Gasteiger partial charge on any atom is 0.258 e. The lowest BCUT2D eigenvalue weighted by Crippen LogP contribution is -2.36. The van der Waals surface area contributed by atoms with Gasteiger partial charge < -0.3 is 15.3 Å². The minimum Gasteiger partial charge on any atom is -0.375 e. The quantitative estimate of drug-likeness (QED) is 0.376. The number of hydrogen-bond acceptors (Lipinski definition) is 9. The third-order valence-corrected chi connectivity index (χ3v) is 7.14. The predicted molar refractivity (Wildman–Crippen MR) is 131 cm³/mol. The minimum atomic E-state index is -3.20. The van der Waals surface area contributed by atoms with E-state index < -0.39 is 15.6 Å². The van der Waals surface area contributed by atoms with Crippen molar-refractivity contribution in [3.05, 3.63) is 47.5 Å². The van der Waals surface area contributed by atoms with E-state index in [0.717, 1.165) is 16.8 Å². The van der Waals surface area contributed by atoms with Crippen molar-refractivity contribution >= 4 is 33.2 Å². The molecule has 3 N–H and O–H groups in total. The molecule has 34 heavy (non-hydrogen) atoms. The number of hydrogen-bond donors (Lipinski definition) is 3. The predicted octanol–water partition coefficient (Wildman–Crippen LogP) is 1.67. The first-order valence-electron chi connectivity index (χ1n) is 10.7. The number of carbonyl (C=O) groups is 1. The number of aliphatic hydroxyl groups is 1. The van der Waals surface area contributed by atoms with Crippen LogP contribution in [0.1, 0.15) is 18.4 Å². The summed E-state index contributed by atoms with van der Waals surface area (Å²) in [4.78, 5) is 27.4. The summed E-state index contributed by atoms with van der Waals surface area (Å²) < 4.78 is 24.7. The van der Waals surface area contributed by atoms with E-state index >= 15 is 0 Å². The fourth-order valence-electron chi connectivity index (χ4n) is 3.69. The van der Waals surface area contributed by atoms with Gasteiger partial charge in [-0.25, -0.2) is 28.1 Å². The van der Waals surface area contributed by atoms with E-state index in [0.29, 0.717) is 55.4 Å². The lowest BCUT2D eigenvalue weighted by atomic mass is 9.91. The Labute approximate surface area is 202 Å². The van der Waals surface area contributed by atoms with Crippen LogP contribution < -0.4 is 10.0 Å². The fraction of sp³-hybridized carbons (Fsp3) is 0.364. The Balaban J connectivity index is 1.46. The Hall–Kier alpha value is -2.93. The molecule has 1 saturated heterocycles. The standard InChI is InChI=1S/C22H26N6O4S2/c1-28-12-8-22(30,20(28)29)16-6-3-5-15(13-16)19-26-18(14-33-19)17-7-11-24-21(27-17)23-9-4-10-25-34(2,31)32/h3,5-7,11,13-14,25,30H,4,8-10,12H2,1-2H3,(H,23,24,27). The van der Waals surface area contributed by atoms with Crippen LogP contribution in [0.4, 0.5) is 5.95 Å². The van der Waals surface area contributed by atoms with Gasteiger partial charge in [-0.1, -0.05) is 18.2 Å². The maximum atomic E-state index is 12.5. The summed E-state index contributed by atoms with van der Waals surface area (Å²) in [5, 5.41) is 16.7. The Morgan fingerprint density at radius 1 is 1.21 bits per heavy atom. The molecule has 1 aliphatic rings. The summed E-state index contributed by atoms with van der Waals surface area (Å²) in [7, 11) is -1.51. The molecule has 3 heterocycles. The molecule has 0 bridgehead atoms. The highest BCUT2D eigenvalue weighted by molar-refractivity contribution is 7.88. The zero-order valence-corrected chi connectivity index (χ0v) is 20.5. The number of aromatic nitrogens is 3. The van der Waals surface area contributed by atoms with Gasteiger partial charge in [0, 0.05) is 50.2 Å². The molecule has 0 saturated carbocycles. The molecule has 1 amide bonds. The molecule has 12 heteroatoms. The molecule has 1 atom stereocenters. The molecule has 10 nitrogen and oxygen atoms in total. The monoisotopic (exact) mass is 502 g/mol. The van der Waals surface area contributed by atoms with Crippen LogP contribution in [0.15, 0.2) is 41.9 Å². The first-order chi connectivity index (χ1) is 16.2. The van der Waals surface area contributed by atoms with E-state index in [1.165, 1.54) is 16.2 Å². The number of likely N-dealkylation sites (N-methyl/N-ethyl adjacent to an activating group) is 1. The fourth-order valence-corrected chi connectivity index (χ4v) is 5.01. The molecule has 180 valence electrons. The van der Waals surface area contributed by atoms with E-state index in [9.17, 15) is 18.3 Å².